The highest BCUT2D eigenvalue weighted by atomic mass is 19.4. The van der Waals surface area contributed by atoms with Gasteiger partial charge in [-0.25, -0.2) is 4.39 Å². The Bertz CT molecular complexity index is 460. The van der Waals surface area contributed by atoms with Crippen LogP contribution in [0.2, 0.25) is 0 Å². The van der Waals surface area contributed by atoms with E-state index in [2.05, 4.69) is 0 Å². The summed E-state index contributed by atoms with van der Waals surface area (Å²) < 4.78 is 56.5. The van der Waals surface area contributed by atoms with Crippen LogP contribution in [0.25, 0.3) is 0 Å². The molecule has 7 heteroatoms. The molecular weight excluding hydrogens is 276 g/mol. The lowest BCUT2D eigenvalue weighted by Gasteiger charge is -2.31. The minimum Gasteiger partial charge on any atom is -0.491 e. The summed E-state index contributed by atoms with van der Waals surface area (Å²) in [5.41, 5.74) is 5.70. The van der Waals surface area contributed by atoms with Gasteiger partial charge in [-0.3, -0.25) is 0 Å². The molecule has 0 saturated heterocycles. The third-order valence-corrected chi connectivity index (χ3v) is 2.66. The number of rotatable bonds is 5. The van der Waals surface area contributed by atoms with E-state index in [9.17, 15) is 17.6 Å². The van der Waals surface area contributed by atoms with Crippen LogP contribution in [-0.4, -0.2) is 25.4 Å². The van der Waals surface area contributed by atoms with Crippen molar-refractivity contribution in [3.8, 4) is 5.75 Å². The summed E-state index contributed by atoms with van der Waals surface area (Å²) in [6.07, 6.45) is -4.38. The minimum absolute atomic E-state index is 0.0519. The molecule has 2 N–H and O–H groups in total. The molecule has 0 fully saturated rings. The number of benzene rings is 1. The van der Waals surface area contributed by atoms with Crippen molar-refractivity contribution in [2.24, 2.45) is 0 Å². The quantitative estimate of drug-likeness (QED) is 0.666. The first kappa shape index (κ1) is 16.4. The lowest BCUT2D eigenvalue weighted by molar-refractivity contribution is -0.120. The van der Waals surface area contributed by atoms with Gasteiger partial charge in [-0.1, -0.05) is 0 Å². The van der Waals surface area contributed by atoms with Gasteiger partial charge in [0.15, 0.2) is 11.6 Å². The van der Waals surface area contributed by atoms with Gasteiger partial charge in [-0.2, -0.15) is 13.2 Å². The predicted octanol–water partition coefficient (Wildman–Crippen LogP) is 3.58. The summed E-state index contributed by atoms with van der Waals surface area (Å²) in [6.45, 7) is 3.92. The van der Waals surface area contributed by atoms with Crippen LogP contribution in [-0.2, 0) is 0 Å². The van der Waals surface area contributed by atoms with E-state index in [-0.39, 0.29) is 23.7 Å². The summed E-state index contributed by atoms with van der Waals surface area (Å²) in [7, 11) is 0. The number of halogens is 4. The van der Waals surface area contributed by atoms with Gasteiger partial charge in [0.25, 0.3) is 0 Å². The van der Waals surface area contributed by atoms with Crippen molar-refractivity contribution in [1.29, 1.82) is 0 Å². The first-order valence-electron chi connectivity index (χ1n) is 6.21. The van der Waals surface area contributed by atoms with Crippen molar-refractivity contribution in [2.45, 2.75) is 33.0 Å². The Labute approximate surface area is 115 Å². The minimum atomic E-state index is -4.38. The van der Waals surface area contributed by atoms with Crippen LogP contribution in [0, 0.1) is 5.82 Å². The Balaban J connectivity index is 3.22. The molecule has 114 valence electrons. The summed E-state index contributed by atoms with van der Waals surface area (Å²) in [5.74, 6) is -0.798. The van der Waals surface area contributed by atoms with Crippen LogP contribution < -0.4 is 15.4 Å². The topological polar surface area (TPSA) is 38.5 Å². The van der Waals surface area contributed by atoms with Crippen LogP contribution in [0.1, 0.15) is 20.8 Å². The zero-order chi connectivity index (χ0) is 15.5. The summed E-state index contributed by atoms with van der Waals surface area (Å²) in [5, 5.41) is 0. The number of alkyl halides is 3. The maximum absolute atomic E-state index is 13.6. The molecule has 0 aromatic heterocycles. The van der Waals surface area contributed by atoms with E-state index >= 15 is 0 Å². The van der Waals surface area contributed by atoms with Crippen molar-refractivity contribution in [3.63, 3.8) is 0 Å². The smallest absolute Gasteiger partial charge is 0.405 e. The van der Waals surface area contributed by atoms with Gasteiger partial charge in [0.1, 0.15) is 6.54 Å². The normalized spacial score (nSPS) is 11.8. The number of anilines is 2. The molecule has 0 heterocycles. The summed E-state index contributed by atoms with van der Waals surface area (Å²) >= 11 is 0. The van der Waals surface area contributed by atoms with Crippen LogP contribution >= 0.6 is 0 Å². The molecule has 0 bridgehead atoms. The molecule has 0 amide bonds. The van der Waals surface area contributed by atoms with Crippen LogP contribution in [0.5, 0.6) is 5.75 Å². The number of hydrogen-bond donors (Lipinski definition) is 1. The van der Waals surface area contributed by atoms with E-state index < -0.39 is 24.6 Å². The maximum Gasteiger partial charge on any atom is 0.405 e. The van der Waals surface area contributed by atoms with E-state index in [1.54, 1.807) is 20.8 Å². The molecule has 0 unspecified atom stereocenters. The Kier molecular flexibility index (Phi) is 5.08. The second-order valence-electron chi connectivity index (χ2n) is 4.61. The van der Waals surface area contributed by atoms with Crippen molar-refractivity contribution < 1.29 is 22.3 Å². The standard InChI is InChI=1S/C13H18F4N2O/c1-4-20-12-6-11(10(18)5-9(12)14)19(8(2)3)7-13(15,16)17/h5-6,8H,4,7,18H2,1-3H3. The lowest BCUT2D eigenvalue weighted by Crippen LogP contribution is -2.39. The van der Waals surface area contributed by atoms with E-state index in [1.807, 2.05) is 0 Å². The van der Waals surface area contributed by atoms with Crippen molar-refractivity contribution >= 4 is 11.4 Å². The molecule has 0 spiro atoms. The number of ether oxygens (including phenoxy) is 1. The summed E-state index contributed by atoms with van der Waals surface area (Å²) in [4.78, 5) is 1.07. The van der Waals surface area contributed by atoms with Gasteiger partial charge >= 0.3 is 6.18 Å². The number of nitrogen functional groups attached to an aromatic ring is 1. The zero-order valence-electron chi connectivity index (χ0n) is 11.6. The highest BCUT2D eigenvalue weighted by molar-refractivity contribution is 5.70. The molecule has 0 saturated carbocycles. The van der Waals surface area contributed by atoms with Crippen molar-refractivity contribution in [2.75, 3.05) is 23.8 Å². The zero-order valence-corrected chi connectivity index (χ0v) is 11.6. The van der Waals surface area contributed by atoms with E-state index in [0.717, 1.165) is 11.0 Å². The molecule has 1 aromatic carbocycles. The van der Waals surface area contributed by atoms with Gasteiger partial charge in [-0.05, 0) is 20.8 Å². The molecule has 0 aliphatic carbocycles. The fourth-order valence-corrected chi connectivity index (χ4v) is 1.81. The second kappa shape index (κ2) is 6.19. The van der Waals surface area contributed by atoms with Crippen LogP contribution in [0.4, 0.5) is 28.9 Å². The fraction of sp³-hybridized carbons (Fsp3) is 0.538. The molecule has 0 atom stereocenters. The Morgan fingerprint density at radius 1 is 1.30 bits per heavy atom. The molecule has 1 rings (SSSR count). The average Bonchev–Trinajstić information content (AvgIpc) is 2.29. The van der Waals surface area contributed by atoms with Gasteiger partial charge in [0, 0.05) is 18.2 Å². The largest absolute Gasteiger partial charge is 0.491 e. The Hall–Kier alpha value is -1.66. The first-order chi connectivity index (χ1) is 9.15. The molecular formula is C13H18F4N2O. The first-order valence-corrected chi connectivity index (χ1v) is 6.21. The highest BCUT2D eigenvalue weighted by Gasteiger charge is 2.33. The average molecular weight is 294 g/mol. The van der Waals surface area contributed by atoms with E-state index in [1.165, 1.54) is 6.07 Å². The Morgan fingerprint density at radius 2 is 1.90 bits per heavy atom. The fourth-order valence-electron chi connectivity index (χ4n) is 1.81. The third kappa shape index (κ3) is 4.18. The molecule has 1 aromatic rings. The predicted molar refractivity (Wildman–Crippen MR) is 70.5 cm³/mol. The molecule has 3 nitrogen and oxygen atoms in total. The van der Waals surface area contributed by atoms with Crippen LogP contribution in [0.3, 0.4) is 0 Å². The molecule has 0 aliphatic rings. The highest BCUT2D eigenvalue weighted by Crippen LogP contribution is 2.34. The van der Waals surface area contributed by atoms with Gasteiger partial charge in [0.2, 0.25) is 0 Å². The molecule has 20 heavy (non-hydrogen) atoms. The summed E-state index contributed by atoms with van der Waals surface area (Å²) in [6, 6.07) is 1.74. The van der Waals surface area contributed by atoms with E-state index in [4.69, 9.17) is 10.5 Å². The Morgan fingerprint density at radius 3 is 2.35 bits per heavy atom. The third-order valence-electron chi connectivity index (χ3n) is 2.66. The second-order valence-corrected chi connectivity index (χ2v) is 4.61. The van der Waals surface area contributed by atoms with Gasteiger partial charge in [0.05, 0.1) is 18.0 Å². The number of nitrogens with zero attached hydrogens (tertiary/aromatic N) is 1. The number of nitrogens with two attached hydrogens (primary N) is 1. The SMILES string of the molecule is CCOc1cc(N(CC(F)(F)F)C(C)C)c(N)cc1F. The number of hydrogen-bond acceptors (Lipinski definition) is 3. The van der Waals surface area contributed by atoms with Gasteiger partial charge < -0.3 is 15.4 Å². The lowest BCUT2D eigenvalue weighted by atomic mass is 10.2. The van der Waals surface area contributed by atoms with Crippen molar-refractivity contribution in [3.05, 3.63) is 17.9 Å². The van der Waals surface area contributed by atoms with Gasteiger partial charge in [-0.15, -0.1) is 0 Å². The monoisotopic (exact) mass is 294 g/mol. The molecule has 0 radical (unpaired) electrons. The maximum atomic E-state index is 13.6. The van der Waals surface area contributed by atoms with Crippen molar-refractivity contribution in [1.82, 2.24) is 0 Å². The van der Waals surface area contributed by atoms with E-state index in [0.29, 0.717) is 0 Å². The molecule has 0 aliphatic heterocycles. The van der Waals surface area contributed by atoms with Crippen LogP contribution in [0.15, 0.2) is 12.1 Å².